The molecule has 3 heteroatoms. The van der Waals surface area contributed by atoms with E-state index < -0.39 is 0 Å². The van der Waals surface area contributed by atoms with Gasteiger partial charge >= 0.3 is 0 Å². The lowest BCUT2D eigenvalue weighted by atomic mass is 9.97. The smallest absolute Gasteiger partial charge is 0.219 e. The summed E-state index contributed by atoms with van der Waals surface area (Å²) >= 11 is 0. The molecule has 0 unspecified atom stereocenters. The fraction of sp³-hybridized carbons (Fsp3) is 0.600. The van der Waals surface area contributed by atoms with Gasteiger partial charge in [-0.05, 0) is 25.7 Å². The second-order valence-corrected chi connectivity index (χ2v) is 3.42. The molecule has 0 fully saturated rings. The van der Waals surface area contributed by atoms with Gasteiger partial charge in [-0.2, -0.15) is 4.39 Å². The van der Waals surface area contributed by atoms with Crippen molar-refractivity contribution in [1.29, 1.82) is 0 Å². The van der Waals surface area contributed by atoms with Crippen molar-refractivity contribution in [2.24, 2.45) is 0 Å². The fourth-order valence-corrected chi connectivity index (χ4v) is 1.75. The van der Waals surface area contributed by atoms with Crippen molar-refractivity contribution in [2.45, 2.75) is 39.0 Å². The predicted molar refractivity (Wildman–Crippen MR) is 48.0 cm³/mol. The molecule has 2 nitrogen and oxygen atoms in total. The monoisotopic (exact) mass is 180 g/mol. The van der Waals surface area contributed by atoms with Gasteiger partial charge in [-0.15, -0.1) is 0 Å². The Balaban J connectivity index is 2.47. The van der Waals surface area contributed by atoms with Crippen LogP contribution in [0.3, 0.4) is 0 Å². The van der Waals surface area contributed by atoms with Gasteiger partial charge in [-0.3, -0.25) is 0 Å². The predicted octanol–water partition coefficient (Wildman–Crippen LogP) is 2.06. The minimum Gasteiger partial charge on any atom is -0.237 e. The summed E-state index contributed by atoms with van der Waals surface area (Å²) in [5.41, 5.74) is 1.69. The third kappa shape index (κ3) is 1.55. The van der Waals surface area contributed by atoms with Crippen molar-refractivity contribution in [3.05, 3.63) is 23.0 Å². The van der Waals surface area contributed by atoms with E-state index >= 15 is 0 Å². The molecule has 70 valence electrons. The van der Waals surface area contributed by atoms with Crippen LogP contribution >= 0.6 is 0 Å². The van der Waals surface area contributed by atoms with Crippen LogP contribution in [0.25, 0.3) is 0 Å². The van der Waals surface area contributed by atoms with E-state index in [0.717, 1.165) is 36.9 Å². The van der Waals surface area contributed by atoms with Gasteiger partial charge in [0, 0.05) is 12.0 Å². The number of rotatable bonds is 1. The molecule has 0 N–H and O–H groups in total. The van der Waals surface area contributed by atoms with E-state index in [-0.39, 0.29) is 5.95 Å². The van der Waals surface area contributed by atoms with E-state index in [1.54, 1.807) is 0 Å². The van der Waals surface area contributed by atoms with Gasteiger partial charge in [0.15, 0.2) is 0 Å². The van der Waals surface area contributed by atoms with Crippen molar-refractivity contribution in [2.75, 3.05) is 0 Å². The molecule has 0 spiro atoms. The summed E-state index contributed by atoms with van der Waals surface area (Å²) < 4.78 is 13.4. The molecular weight excluding hydrogens is 167 g/mol. The zero-order valence-corrected chi connectivity index (χ0v) is 7.81. The second-order valence-electron chi connectivity index (χ2n) is 3.42. The van der Waals surface area contributed by atoms with Crippen LogP contribution in [0, 0.1) is 5.95 Å². The Labute approximate surface area is 77.2 Å². The van der Waals surface area contributed by atoms with Gasteiger partial charge in [0.05, 0.1) is 5.69 Å². The van der Waals surface area contributed by atoms with Crippen molar-refractivity contribution in [3.8, 4) is 0 Å². The number of fused-ring (bicyclic) bond motifs is 1. The fourth-order valence-electron chi connectivity index (χ4n) is 1.75. The van der Waals surface area contributed by atoms with Crippen LogP contribution in [0.2, 0.25) is 0 Å². The Hall–Kier alpha value is -0.990. The van der Waals surface area contributed by atoms with E-state index in [9.17, 15) is 4.39 Å². The number of hydrogen-bond donors (Lipinski definition) is 0. The first-order valence-corrected chi connectivity index (χ1v) is 4.85. The van der Waals surface area contributed by atoms with Crippen molar-refractivity contribution < 1.29 is 4.39 Å². The highest BCUT2D eigenvalue weighted by atomic mass is 19.1. The molecule has 2 rings (SSSR count). The Morgan fingerprint density at radius 1 is 1.23 bits per heavy atom. The number of nitrogens with zero attached hydrogens (tertiary/aromatic N) is 2. The minimum absolute atomic E-state index is 0.290. The van der Waals surface area contributed by atoms with Crippen LogP contribution in [0.4, 0.5) is 4.39 Å². The van der Waals surface area contributed by atoms with Crippen LogP contribution in [0.1, 0.15) is 36.8 Å². The van der Waals surface area contributed by atoms with E-state index in [1.807, 2.05) is 6.92 Å². The molecule has 1 aromatic rings. The topological polar surface area (TPSA) is 25.8 Å². The van der Waals surface area contributed by atoms with E-state index in [2.05, 4.69) is 9.97 Å². The highest BCUT2D eigenvalue weighted by Crippen LogP contribution is 2.21. The van der Waals surface area contributed by atoms with Gasteiger partial charge in [0.25, 0.3) is 0 Å². The molecule has 0 radical (unpaired) electrons. The summed E-state index contributed by atoms with van der Waals surface area (Å²) in [6.45, 7) is 1.95. The molecule has 0 aromatic carbocycles. The third-order valence-electron chi connectivity index (χ3n) is 2.50. The van der Waals surface area contributed by atoms with E-state index in [4.69, 9.17) is 0 Å². The van der Waals surface area contributed by atoms with Gasteiger partial charge in [0.1, 0.15) is 5.82 Å². The Kier molecular flexibility index (Phi) is 2.25. The Morgan fingerprint density at radius 3 is 2.77 bits per heavy atom. The van der Waals surface area contributed by atoms with Crippen LogP contribution in [-0.4, -0.2) is 9.97 Å². The van der Waals surface area contributed by atoms with Crippen molar-refractivity contribution in [1.82, 2.24) is 9.97 Å². The van der Waals surface area contributed by atoms with Crippen LogP contribution in [-0.2, 0) is 19.3 Å². The molecule has 1 aliphatic carbocycles. The highest BCUT2D eigenvalue weighted by Gasteiger charge is 2.16. The number of aryl methyl sites for hydroxylation is 2. The molecule has 0 atom stereocenters. The molecule has 0 bridgehead atoms. The molecule has 1 heterocycles. The number of halogens is 1. The molecule has 1 aromatic heterocycles. The molecule has 13 heavy (non-hydrogen) atoms. The van der Waals surface area contributed by atoms with Crippen LogP contribution in [0.5, 0.6) is 0 Å². The van der Waals surface area contributed by atoms with Gasteiger partial charge in [-0.1, -0.05) is 6.92 Å². The molecule has 0 amide bonds. The second kappa shape index (κ2) is 3.40. The maximum atomic E-state index is 13.4. The summed E-state index contributed by atoms with van der Waals surface area (Å²) in [5, 5.41) is 0. The van der Waals surface area contributed by atoms with Crippen molar-refractivity contribution in [3.63, 3.8) is 0 Å². The van der Waals surface area contributed by atoms with Gasteiger partial charge in [0.2, 0.25) is 5.95 Å². The van der Waals surface area contributed by atoms with Gasteiger partial charge in [-0.25, -0.2) is 9.97 Å². The summed E-state index contributed by atoms with van der Waals surface area (Å²) in [5.74, 6) is 0.347. The summed E-state index contributed by atoms with van der Waals surface area (Å²) in [6.07, 6.45) is 4.64. The number of aromatic nitrogens is 2. The van der Waals surface area contributed by atoms with E-state index in [0.29, 0.717) is 12.2 Å². The average molecular weight is 180 g/mol. The first-order valence-electron chi connectivity index (χ1n) is 4.85. The lowest BCUT2D eigenvalue weighted by Gasteiger charge is -2.15. The highest BCUT2D eigenvalue weighted by molar-refractivity contribution is 5.21. The lowest BCUT2D eigenvalue weighted by Crippen LogP contribution is -2.12. The Morgan fingerprint density at radius 2 is 2.00 bits per heavy atom. The molecular formula is C10H13FN2. The van der Waals surface area contributed by atoms with Gasteiger partial charge < -0.3 is 0 Å². The maximum absolute atomic E-state index is 13.4. The van der Waals surface area contributed by atoms with E-state index in [1.165, 1.54) is 0 Å². The maximum Gasteiger partial charge on any atom is 0.219 e. The summed E-state index contributed by atoms with van der Waals surface area (Å²) in [7, 11) is 0. The first kappa shape index (κ1) is 8.60. The van der Waals surface area contributed by atoms with Crippen LogP contribution in [0.15, 0.2) is 0 Å². The van der Waals surface area contributed by atoms with Crippen LogP contribution < -0.4 is 0 Å². The average Bonchev–Trinajstić information content (AvgIpc) is 2.18. The standard InChI is InChI=1S/C10H13FN2/c1-2-9-12-8-6-4-3-5-7(8)10(11)13-9/h2-6H2,1H3. The molecule has 0 saturated carbocycles. The Bertz CT molecular complexity index is 323. The molecule has 0 saturated heterocycles. The SMILES string of the molecule is CCc1nc(F)c2c(n1)CCCC2. The quantitative estimate of drug-likeness (QED) is 0.618. The summed E-state index contributed by atoms with van der Waals surface area (Å²) in [6, 6.07) is 0. The lowest BCUT2D eigenvalue weighted by molar-refractivity contribution is 0.523. The molecule has 1 aliphatic rings. The first-order chi connectivity index (χ1) is 6.31. The third-order valence-corrected chi connectivity index (χ3v) is 2.50. The molecule has 0 aliphatic heterocycles. The normalized spacial score (nSPS) is 15.5. The zero-order chi connectivity index (χ0) is 9.26. The summed E-state index contributed by atoms with van der Waals surface area (Å²) in [4.78, 5) is 8.17. The van der Waals surface area contributed by atoms with Crippen molar-refractivity contribution >= 4 is 0 Å². The number of hydrogen-bond acceptors (Lipinski definition) is 2. The largest absolute Gasteiger partial charge is 0.237 e. The minimum atomic E-state index is -0.290. The zero-order valence-electron chi connectivity index (χ0n) is 7.81.